The highest BCUT2D eigenvalue weighted by molar-refractivity contribution is 5.90. The maximum absolute atomic E-state index is 12.7. The molecule has 2 amide bonds. The van der Waals surface area contributed by atoms with Crippen LogP contribution in [0.1, 0.15) is 29.5 Å². The van der Waals surface area contributed by atoms with Crippen molar-refractivity contribution in [1.82, 2.24) is 14.8 Å². The van der Waals surface area contributed by atoms with Crippen LogP contribution < -0.4 is 5.32 Å². The molecule has 6 nitrogen and oxygen atoms in total. The van der Waals surface area contributed by atoms with Gasteiger partial charge in [0.2, 0.25) is 5.89 Å². The summed E-state index contributed by atoms with van der Waals surface area (Å²) in [5, 5.41) is 3.07. The summed E-state index contributed by atoms with van der Waals surface area (Å²) in [6.45, 7) is 9.89. The smallest absolute Gasteiger partial charge is 0.321 e. The van der Waals surface area contributed by atoms with E-state index in [2.05, 4.69) is 42.3 Å². The van der Waals surface area contributed by atoms with Crippen molar-refractivity contribution >= 4 is 11.7 Å². The second-order valence-electron chi connectivity index (χ2n) is 8.09. The number of aryl methyl sites for hydroxylation is 3. The number of carbonyl (C=O) groups excluding carboxylic acids is 1. The van der Waals surface area contributed by atoms with Gasteiger partial charge in [0, 0.05) is 44.0 Å². The predicted molar refractivity (Wildman–Crippen MR) is 123 cm³/mol. The lowest BCUT2D eigenvalue weighted by Gasteiger charge is -2.34. The van der Waals surface area contributed by atoms with E-state index < -0.39 is 0 Å². The molecule has 0 atom stereocenters. The Bertz CT molecular complexity index is 1030. The SMILES string of the molecule is CCc1ccccc1NC(=O)N1CCN(Cc2nc(-c3ccc(C)cc3)oc2C)CC1. The van der Waals surface area contributed by atoms with E-state index in [1.807, 2.05) is 42.2 Å². The minimum Gasteiger partial charge on any atom is -0.441 e. The van der Waals surface area contributed by atoms with Crippen LogP contribution in [0.3, 0.4) is 0 Å². The van der Waals surface area contributed by atoms with Crippen molar-refractivity contribution in [2.45, 2.75) is 33.7 Å². The van der Waals surface area contributed by atoms with Gasteiger partial charge in [0.25, 0.3) is 0 Å². The van der Waals surface area contributed by atoms with E-state index in [0.717, 1.165) is 54.3 Å². The molecular formula is C25H30N4O2. The minimum absolute atomic E-state index is 0.0279. The van der Waals surface area contributed by atoms with Crippen molar-refractivity contribution in [3.8, 4) is 11.5 Å². The number of aromatic nitrogens is 1. The van der Waals surface area contributed by atoms with E-state index in [-0.39, 0.29) is 6.03 Å². The predicted octanol–water partition coefficient (Wildman–Crippen LogP) is 4.87. The molecule has 1 saturated heterocycles. The van der Waals surface area contributed by atoms with E-state index in [1.165, 1.54) is 5.56 Å². The number of oxazole rings is 1. The molecule has 162 valence electrons. The van der Waals surface area contributed by atoms with Crippen molar-refractivity contribution in [3.05, 3.63) is 71.1 Å². The quantitative estimate of drug-likeness (QED) is 0.642. The number of nitrogens with zero attached hydrogens (tertiary/aromatic N) is 3. The highest BCUT2D eigenvalue weighted by Crippen LogP contribution is 2.23. The first-order valence-corrected chi connectivity index (χ1v) is 10.9. The largest absolute Gasteiger partial charge is 0.441 e. The second-order valence-corrected chi connectivity index (χ2v) is 8.09. The third-order valence-corrected chi connectivity index (χ3v) is 5.86. The molecule has 4 rings (SSSR count). The third kappa shape index (κ3) is 4.97. The number of urea groups is 1. The lowest BCUT2D eigenvalue weighted by atomic mass is 10.1. The Morgan fingerprint density at radius 1 is 1.03 bits per heavy atom. The van der Waals surface area contributed by atoms with Crippen LogP contribution in [0.15, 0.2) is 52.9 Å². The molecule has 1 N–H and O–H groups in total. The molecule has 2 aromatic carbocycles. The lowest BCUT2D eigenvalue weighted by Crippen LogP contribution is -2.49. The fourth-order valence-electron chi connectivity index (χ4n) is 3.86. The first kappa shape index (κ1) is 21.1. The number of carbonyl (C=O) groups is 1. The van der Waals surface area contributed by atoms with Crippen LogP contribution in [-0.2, 0) is 13.0 Å². The number of hydrogen-bond acceptors (Lipinski definition) is 4. The summed E-state index contributed by atoms with van der Waals surface area (Å²) in [6.07, 6.45) is 0.895. The Kier molecular flexibility index (Phi) is 6.37. The van der Waals surface area contributed by atoms with Gasteiger partial charge in [-0.3, -0.25) is 4.90 Å². The molecule has 1 aliphatic rings. The zero-order chi connectivity index (χ0) is 21.8. The molecule has 0 bridgehead atoms. The van der Waals surface area contributed by atoms with Gasteiger partial charge in [-0.1, -0.05) is 42.8 Å². The number of nitrogens with one attached hydrogen (secondary N) is 1. The standard InChI is InChI=1S/C25H30N4O2/c1-4-20-7-5-6-8-22(20)27-25(30)29-15-13-28(14-16-29)17-23-19(3)31-24(26-23)21-11-9-18(2)10-12-21/h5-12H,4,13-17H2,1-3H3,(H,27,30). The lowest BCUT2D eigenvalue weighted by molar-refractivity contribution is 0.141. The van der Waals surface area contributed by atoms with Crippen LogP contribution in [0.25, 0.3) is 11.5 Å². The third-order valence-electron chi connectivity index (χ3n) is 5.86. The Balaban J connectivity index is 1.33. The molecule has 3 aromatic rings. The van der Waals surface area contributed by atoms with Crippen molar-refractivity contribution in [2.24, 2.45) is 0 Å². The van der Waals surface area contributed by atoms with Crippen molar-refractivity contribution < 1.29 is 9.21 Å². The number of hydrogen-bond donors (Lipinski definition) is 1. The van der Waals surface area contributed by atoms with Crippen LogP contribution in [0, 0.1) is 13.8 Å². The molecule has 0 radical (unpaired) electrons. The highest BCUT2D eigenvalue weighted by Gasteiger charge is 2.23. The van der Waals surface area contributed by atoms with Gasteiger partial charge >= 0.3 is 6.03 Å². The van der Waals surface area contributed by atoms with Gasteiger partial charge in [0.1, 0.15) is 5.76 Å². The Labute approximate surface area is 183 Å². The maximum Gasteiger partial charge on any atom is 0.321 e. The summed E-state index contributed by atoms with van der Waals surface area (Å²) >= 11 is 0. The zero-order valence-corrected chi connectivity index (χ0v) is 18.5. The van der Waals surface area contributed by atoms with E-state index >= 15 is 0 Å². The first-order chi connectivity index (χ1) is 15.0. The Morgan fingerprint density at radius 2 is 1.74 bits per heavy atom. The molecule has 31 heavy (non-hydrogen) atoms. The van der Waals surface area contributed by atoms with Crippen LogP contribution in [0.4, 0.5) is 10.5 Å². The fourth-order valence-corrected chi connectivity index (χ4v) is 3.86. The molecule has 0 saturated carbocycles. The molecular weight excluding hydrogens is 388 g/mol. The fraction of sp³-hybridized carbons (Fsp3) is 0.360. The van der Waals surface area contributed by atoms with Crippen LogP contribution in [0.5, 0.6) is 0 Å². The summed E-state index contributed by atoms with van der Waals surface area (Å²) in [6, 6.07) is 16.2. The number of amides is 2. The second kappa shape index (κ2) is 9.35. The van der Waals surface area contributed by atoms with E-state index in [9.17, 15) is 4.79 Å². The summed E-state index contributed by atoms with van der Waals surface area (Å²) in [4.78, 5) is 21.7. The van der Waals surface area contributed by atoms with Gasteiger partial charge < -0.3 is 14.6 Å². The van der Waals surface area contributed by atoms with Crippen molar-refractivity contribution in [1.29, 1.82) is 0 Å². The molecule has 1 aliphatic heterocycles. The van der Waals surface area contributed by atoms with Gasteiger partial charge in [-0.15, -0.1) is 0 Å². The average Bonchev–Trinajstić information content (AvgIpc) is 3.15. The summed E-state index contributed by atoms with van der Waals surface area (Å²) < 4.78 is 5.92. The molecule has 6 heteroatoms. The summed E-state index contributed by atoms with van der Waals surface area (Å²) in [5.74, 6) is 1.52. The number of rotatable bonds is 5. The number of para-hydroxylation sites is 1. The Hall–Kier alpha value is -3.12. The molecule has 0 spiro atoms. The van der Waals surface area contributed by atoms with Crippen molar-refractivity contribution in [2.75, 3.05) is 31.5 Å². The summed E-state index contributed by atoms with van der Waals surface area (Å²) in [5.41, 5.74) is 5.23. The van der Waals surface area contributed by atoms with Crippen LogP contribution >= 0.6 is 0 Å². The van der Waals surface area contributed by atoms with Gasteiger partial charge in [-0.25, -0.2) is 9.78 Å². The van der Waals surface area contributed by atoms with Crippen LogP contribution in [0.2, 0.25) is 0 Å². The maximum atomic E-state index is 12.7. The molecule has 1 aromatic heterocycles. The molecule has 2 heterocycles. The summed E-state index contributed by atoms with van der Waals surface area (Å²) in [7, 11) is 0. The zero-order valence-electron chi connectivity index (χ0n) is 18.5. The molecule has 1 fully saturated rings. The monoisotopic (exact) mass is 418 g/mol. The highest BCUT2D eigenvalue weighted by atomic mass is 16.4. The van der Waals surface area contributed by atoms with E-state index in [0.29, 0.717) is 19.0 Å². The topological polar surface area (TPSA) is 61.6 Å². The number of benzene rings is 2. The van der Waals surface area contributed by atoms with Gasteiger partial charge in [-0.05, 0) is 44.0 Å². The van der Waals surface area contributed by atoms with Gasteiger partial charge in [0.15, 0.2) is 0 Å². The molecule has 0 unspecified atom stereocenters. The number of anilines is 1. The average molecular weight is 419 g/mol. The Morgan fingerprint density at radius 3 is 2.45 bits per heavy atom. The van der Waals surface area contributed by atoms with E-state index in [4.69, 9.17) is 9.40 Å². The van der Waals surface area contributed by atoms with Crippen LogP contribution in [-0.4, -0.2) is 47.0 Å². The minimum atomic E-state index is -0.0279. The van der Waals surface area contributed by atoms with Gasteiger partial charge in [0.05, 0.1) is 5.69 Å². The van der Waals surface area contributed by atoms with Crippen molar-refractivity contribution in [3.63, 3.8) is 0 Å². The number of piperazine rings is 1. The van der Waals surface area contributed by atoms with Gasteiger partial charge in [-0.2, -0.15) is 0 Å². The first-order valence-electron chi connectivity index (χ1n) is 10.9. The molecule has 0 aliphatic carbocycles. The van der Waals surface area contributed by atoms with E-state index in [1.54, 1.807) is 0 Å². The normalized spacial score (nSPS) is 14.6.